The smallest absolute Gasteiger partial charge is 0.348 e. The highest BCUT2D eigenvalue weighted by Gasteiger charge is 2.22. The van der Waals surface area contributed by atoms with Gasteiger partial charge < -0.3 is 10.2 Å². The molecule has 10 nitrogen and oxygen atoms in total. The second-order valence-electron chi connectivity index (χ2n) is 8.17. The number of hydrogen-bond acceptors (Lipinski definition) is 6. The van der Waals surface area contributed by atoms with E-state index in [2.05, 4.69) is 15.5 Å². The third-order valence-electron chi connectivity index (χ3n) is 5.39. The average molecular weight is 560 g/mol. The van der Waals surface area contributed by atoms with Crippen LogP contribution in [0.1, 0.15) is 16.2 Å². The molecule has 1 atom stereocenters. The van der Waals surface area contributed by atoms with Gasteiger partial charge in [0.25, 0.3) is 0 Å². The number of benzene rings is 3. The number of aromatic amines is 1. The van der Waals surface area contributed by atoms with E-state index in [9.17, 15) is 23.9 Å². The van der Waals surface area contributed by atoms with Crippen LogP contribution in [-0.2, 0) is 11.3 Å². The van der Waals surface area contributed by atoms with Crippen molar-refractivity contribution in [2.24, 2.45) is 0 Å². The normalized spacial score (nSPS) is 11.9. The second kappa shape index (κ2) is 11.6. The Morgan fingerprint density at radius 2 is 1.79 bits per heavy atom. The topological polar surface area (TPSA) is 141 Å². The Morgan fingerprint density at radius 3 is 2.47 bits per heavy atom. The molecule has 0 spiro atoms. The summed E-state index contributed by atoms with van der Waals surface area (Å²) in [6.07, 6.45) is -1.82. The molecule has 0 unspecified atom stereocenters. The average Bonchev–Trinajstić information content (AvgIpc) is 3.27. The highest BCUT2D eigenvalue weighted by Crippen LogP contribution is 2.26. The van der Waals surface area contributed by atoms with Gasteiger partial charge in [0, 0.05) is 22.2 Å². The van der Waals surface area contributed by atoms with E-state index in [1.807, 2.05) is 0 Å². The van der Waals surface area contributed by atoms with Crippen molar-refractivity contribution in [3.8, 4) is 16.8 Å². The number of aromatic nitrogens is 3. The highest BCUT2D eigenvalue weighted by molar-refractivity contribution is 6.31. The Kier molecular flexibility index (Phi) is 8.23. The number of carboxylic acids is 1. The maximum absolute atomic E-state index is 14.2. The van der Waals surface area contributed by atoms with Crippen LogP contribution >= 0.6 is 23.2 Å². The second-order valence-corrected chi connectivity index (χ2v) is 9.04. The number of hydrazine groups is 1. The zero-order chi connectivity index (χ0) is 27.4. The number of nitrogens with zero attached hydrogens (tertiary/aromatic N) is 3. The lowest BCUT2D eigenvalue weighted by atomic mass is 10.0. The summed E-state index contributed by atoms with van der Waals surface area (Å²) in [6.45, 7) is -0.515. The van der Waals surface area contributed by atoms with Gasteiger partial charge in [0.05, 0.1) is 12.2 Å². The summed E-state index contributed by atoms with van der Waals surface area (Å²) >= 11 is 11.9. The predicted octanol–water partition coefficient (Wildman–Crippen LogP) is 3.27. The van der Waals surface area contributed by atoms with Crippen LogP contribution in [0.4, 0.5) is 4.39 Å². The Labute approximate surface area is 224 Å². The summed E-state index contributed by atoms with van der Waals surface area (Å²) in [4.78, 5) is 38.8. The van der Waals surface area contributed by atoms with Crippen LogP contribution in [0.2, 0.25) is 10.0 Å². The molecule has 4 N–H and O–H groups in total. The highest BCUT2D eigenvalue weighted by atomic mass is 35.5. The molecule has 1 amide bonds. The fraction of sp³-hybridized carbons (Fsp3) is 0.120. The van der Waals surface area contributed by atoms with Crippen molar-refractivity contribution < 1.29 is 24.2 Å². The van der Waals surface area contributed by atoms with Crippen molar-refractivity contribution in [1.82, 2.24) is 25.2 Å². The molecule has 13 heteroatoms. The Morgan fingerprint density at radius 1 is 1.08 bits per heavy atom. The summed E-state index contributed by atoms with van der Waals surface area (Å²) in [6, 6.07) is 17.1. The van der Waals surface area contributed by atoms with E-state index in [1.165, 1.54) is 24.3 Å². The number of carbonyl (C=O) groups is 2. The van der Waals surface area contributed by atoms with Gasteiger partial charge in [-0.25, -0.2) is 19.0 Å². The number of H-pyrrole nitrogens is 1. The van der Waals surface area contributed by atoms with E-state index >= 15 is 0 Å². The molecule has 0 aliphatic carbocycles. The van der Waals surface area contributed by atoms with Gasteiger partial charge in [-0.05, 0) is 47.5 Å². The number of carbonyl (C=O) groups excluding carboxylic acids is 1. The van der Waals surface area contributed by atoms with Crippen LogP contribution in [0, 0.1) is 5.82 Å². The van der Waals surface area contributed by atoms with Gasteiger partial charge in [0.2, 0.25) is 5.82 Å². The molecule has 1 aromatic heterocycles. The van der Waals surface area contributed by atoms with Crippen LogP contribution in [0.3, 0.4) is 0 Å². The maximum Gasteiger partial charge on any atom is 0.348 e. The molecule has 1 heterocycles. The minimum atomic E-state index is -1.82. The van der Waals surface area contributed by atoms with E-state index in [0.29, 0.717) is 32.4 Å². The van der Waals surface area contributed by atoms with Gasteiger partial charge in [-0.3, -0.25) is 15.2 Å². The third-order valence-corrected chi connectivity index (χ3v) is 5.86. The lowest BCUT2D eigenvalue weighted by Gasteiger charge is -2.24. The number of carboxylic acid groups (broad SMARTS) is 1. The quantitative estimate of drug-likeness (QED) is 0.231. The van der Waals surface area contributed by atoms with Crippen molar-refractivity contribution in [2.75, 3.05) is 6.54 Å². The molecule has 196 valence electrons. The Hall–Kier alpha value is -4.03. The first-order chi connectivity index (χ1) is 18.1. The number of halogens is 3. The number of amides is 1. The number of nitrogens with one attached hydrogen (secondary N) is 2. The summed E-state index contributed by atoms with van der Waals surface area (Å²) in [7, 11) is 0. The molecule has 0 radical (unpaired) electrons. The fourth-order valence-electron chi connectivity index (χ4n) is 3.57. The largest absolute Gasteiger partial charge is 0.479 e. The van der Waals surface area contributed by atoms with Crippen molar-refractivity contribution in [3.63, 3.8) is 0 Å². The van der Waals surface area contributed by atoms with Crippen molar-refractivity contribution in [2.45, 2.75) is 12.6 Å². The first-order valence-corrected chi connectivity index (χ1v) is 11.8. The first-order valence-electron chi connectivity index (χ1n) is 11.1. The van der Waals surface area contributed by atoms with Crippen molar-refractivity contribution in [1.29, 1.82) is 0 Å². The van der Waals surface area contributed by atoms with Gasteiger partial charge in [-0.1, -0.05) is 53.5 Å². The maximum atomic E-state index is 14.2. The lowest BCUT2D eigenvalue weighted by molar-refractivity contribution is -0.148. The number of aliphatic carboxylic acids is 1. The minimum absolute atomic E-state index is 0.0341. The molecular weight excluding hydrogens is 540 g/mol. The standard InChI is InChI=1S/C25H20Cl2FN5O5/c26-16-2-1-3-18(10-16)33-25(38)29-22(30-33)23(35)31-32(13-21(34)24(36)37)12-14-4-6-15(7-5-14)19-11-17(27)8-9-20(19)28/h1-11,21,34H,12-13H2,(H,31,35)(H,36,37)(H,29,30,38)/t21-/m1/s1. The zero-order valence-electron chi connectivity index (χ0n) is 19.4. The number of aliphatic hydroxyl groups excluding tert-OH is 1. The van der Waals surface area contributed by atoms with Crippen molar-refractivity contribution >= 4 is 35.1 Å². The van der Waals surface area contributed by atoms with Gasteiger partial charge in [0.1, 0.15) is 5.82 Å². The molecular formula is C25H20Cl2FN5O5. The van der Waals surface area contributed by atoms with Gasteiger partial charge in [-0.15, -0.1) is 5.10 Å². The molecule has 0 aliphatic heterocycles. The number of rotatable bonds is 9. The van der Waals surface area contributed by atoms with Crippen LogP contribution in [0.25, 0.3) is 16.8 Å². The first kappa shape index (κ1) is 27.0. The monoisotopic (exact) mass is 559 g/mol. The number of hydrogen-bond donors (Lipinski definition) is 4. The van der Waals surface area contributed by atoms with Gasteiger partial charge in [0.15, 0.2) is 6.10 Å². The molecule has 0 saturated heterocycles. The molecule has 0 bridgehead atoms. The van der Waals surface area contributed by atoms with E-state index in [1.54, 1.807) is 42.5 Å². The molecule has 0 fully saturated rings. The van der Waals surface area contributed by atoms with Gasteiger partial charge >= 0.3 is 17.6 Å². The molecule has 4 rings (SSSR count). The van der Waals surface area contributed by atoms with E-state index in [0.717, 1.165) is 9.69 Å². The van der Waals surface area contributed by atoms with Gasteiger partial charge in [-0.2, -0.15) is 4.68 Å². The molecule has 3 aromatic carbocycles. The van der Waals surface area contributed by atoms with Crippen molar-refractivity contribution in [3.05, 3.63) is 104 Å². The Bertz CT molecular complexity index is 1540. The molecule has 4 aromatic rings. The summed E-state index contributed by atoms with van der Waals surface area (Å²) in [5.41, 5.74) is 3.54. The van der Waals surface area contributed by atoms with Crippen LogP contribution in [0.5, 0.6) is 0 Å². The third kappa shape index (κ3) is 6.45. The van der Waals surface area contributed by atoms with Crippen LogP contribution in [-0.4, -0.2) is 54.5 Å². The summed E-state index contributed by atoms with van der Waals surface area (Å²) in [5, 5.41) is 24.9. The SMILES string of the molecule is O=C(NN(Cc1ccc(-c2cc(Cl)ccc2F)cc1)C[C@@H](O)C(=O)O)c1nn(-c2cccc(Cl)c2)c(=O)[nH]1. The summed E-state index contributed by atoms with van der Waals surface area (Å²) < 4.78 is 15.2. The lowest BCUT2D eigenvalue weighted by Crippen LogP contribution is -2.47. The fourth-order valence-corrected chi connectivity index (χ4v) is 3.93. The summed E-state index contributed by atoms with van der Waals surface area (Å²) in [5.74, 6) is -3.14. The molecule has 0 aliphatic rings. The predicted molar refractivity (Wildman–Crippen MR) is 138 cm³/mol. The molecule has 0 saturated carbocycles. The molecule has 38 heavy (non-hydrogen) atoms. The van der Waals surface area contributed by atoms with Crippen LogP contribution in [0.15, 0.2) is 71.5 Å². The van der Waals surface area contributed by atoms with E-state index in [-0.39, 0.29) is 12.4 Å². The minimum Gasteiger partial charge on any atom is -0.479 e. The van der Waals surface area contributed by atoms with E-state index < -0.39 is 36.0 Å². The Balaban J connectivity index is 1.54. The number of aliphatic hydroxyl groups is 1. The van der Waals surface area contributed by atoms with E-state index in [4.69, 9.17) is 28.3 Å². The van der Waals surface area contributed by atoms with Crippen LogP contribution < -0.4 is 11.1 Å². The zero-order valence-corrected chi connectivity index (χ0v) is 20.9.